The fourth-order valence-corrected chi connectivity index (χ4v) is 6.42. The molecule has 2 N–H and O–H groups in total. The van der Waals surface area contributed by atoms with Gasteiger partial charge in [-0.15, -0.1) is 0 Å². The Morgan fingerprint density at radius 1 is 0.595 bits per heavy atom. The van der Waals surface area contributed by atoms with E-state index in [0.717, 1.165) is 11.1 Å². The van der Waals surface area contributed by atoms with Crippen LogP contribution >= 0.6 is 0 Å². The maximum atomic E-state index is 13.5. The van der Waals surface area contributed by atoms with Crippen LogP contribution in [0.3, 0.4) is 0 Å². The van der Waals surface area contributed by atoms with Gasteiger partial charge in [0.1, 0.15) is 0 Å². The molecule has 0 fully saturated rings. The number of benzene rings is 4. The van der Waals surface area contributed by atoms with E-state index in [-0.39, 0.29) is 9.79 Å². The molecule has 0 saturated carbocycles. The van der Waals surface area contributed by atoms with Crippen molar-refractivity contribution in [3.05, 3.63) is 138 Å². The molecular formula is C29H28N2O4S2. The normalized spacial score (nSPS) is 13.5. The van der Waals surface area contributed by atoms with Gasteiger partial charge in [0, 0.05) is 0 Å². The summed E-state index contributed by atoms with van der Waals surface area (Å²) in [6, 6.07) is 28.8. The van der Waals surface area contributed by atoms with Crippen LogP contribution in [0.1, 0.15) is 34.3 Å². The van der Waals surface area contributed by atoms with Crippen molar-refractivity contribution in [1.82, 2.24) is 9.44 Å². The zero-order chi connectivity index (χ0) is 26.5. The van der Waals surface area contributed by atoms with Crippen molar-refractivity contribution in [3.8, 4) is 0 Å². The second-order valence-corrected chi connectivity index (χ2v) is 12.0. The molecule has 8 heteroatoms. The van der Waals surface area contributed by atoms with Crippen LogP contribution in [-0.4, -0.2) is 16.8 Å². The largest absolute Gasteiger partial charge is 0.241 e. The Balaban J connectivity index is 1.81. The van der Waals surface area contributed by atoms with Crippen LogP contribution in [0, 0.1) is 6.92 Å². The molecule has 4 aromatic carbocycles. The maximum Gasteiger partial charge on any atom is 0.241 e. The fourth-order valence-electron chi connectivity index (χ4n) is 3.95. The quantitative estimate of drug-likeness (QED) is 0.287. The molecule has 0 aromatic heterocycles. The molecule has 190 valence electrons. The number of hydrogen-bond acceptors (Lipinski definition) is 4. The van der Waals surface area contributed by atoms with E-state index in [4.69, 9.17) is 0 Å². The summed E-state index contributed by atoms with van der Waals surface area (Å²) in [5, 5.41) is 0. The van der Waals surface area contributed by atoms with Gasteiger partial charge in [0.15, 0.2) is 0 Å². The topological polar surface area (TPSA) is 92.3 Å². The molecule has 4 rings (SSSR count). The minimum absolute atomic E-state index is 0.0623. The van der Waals surface area contributed by atoms with Gasteiger partial charge >= 0.3 is 0 Å². The lowest BCUT2D eigenvalue weighted by Crippen LogP contribution is -2.40. The minimum Gasteiger partial charge on any atom is -0.207 e. The predicted octanol–water partition coefficient (Wildman–Crippen LogP) is 5.38. The van der Waals surface area contributed by atoms with Crippen LogP contribution in [0.4, 0.5) is 0 Å². The lowest BCUT2D eigenvalue weighted by Gasteiger charge is -2.29. The van der Waals surface area contributed by atoms with Crippen molar-refractivity contribution in [1.29, 1.82) is 0 Å². The van der Waals surface area contributed by atoms with Crippen molar-refractivity contribution in [2.45, 2.75) is 28.8 Å². The third kappa shape index (κ3) is 6.42. The van der Waals surface area contributed by atoms with Crippen molar-refractivity contribution in [3.63, 3.8) is 0 Å². The highest BCUT2D eigenvalue weighted by Crippen LogP contribution is 2.32. The molecule has 6 nitrogen and oxygen atoms in total. The van der Waals surface area contributed by atoms with E-state index in [9.17, 15) is 16.8 Å². The van der Waals surface area contributed by atoms with E-state index < -0.39 is 32.1 Å². The summed E-state index contributed by atoms with van der Waals surface area (Å²) >= 11 is 0. The molecule has 0 unspecified atom stereocenters. The average Bonchev–Trinajstić information content (AvgIpc) is 2.92. The van der Waals surface area contributed by atoms with E-state index in [0.29, 0.717) is 11.1 Å². The van der Waals surface area contributed by atoms with Gasteiger partial charge in [-0.2, -0.15) is 0 Å². The van der Waals surface area contributed by atoms with Crippen LogP contribution < -0.4 is 9.44 Å². The summed E-state index contributed by atoms with van der Waals surface area (Å²) in [6.07, 6.45) is 1.63. The highest BCUT2D eigenvalue weighted by atomic mass is 32.2. The van der Waals surface area contributed by atoms with Crippen LogP contribution in [0.5, 0.6) is 0 Å². The second-order valence-electron chi connectivity index (χ2n) is 8.61. The smallest absolute Gasteiger partial charge is 0.207 e. The van der Waals surface area contributed by atoms with Crippen LogP contribution in [0.2, 0.25) is 0 Å². The zero-order valence-corrected chi connectivity index (χ0v) is 21.9. The van der Waals surface area contributed by atoms with Gasteiger partial charge in [0.05, 0.1) is 21.9 Å². The molecule has 2 atom stereocenters. The summed E-state index contributed by atoms with van der Waals surface area (Å²) in [4.78, 5) is 0.154. The summed E-state index contributed by atoms with van der Waals surface area (Å²) in [7, 11) is -8.03. The highest BCUT2D eigenvalue weighted by molar-refractivity contribution is 7.90. The van der Waals surface area contributed by atoms with Gasteiger partial charge in [-0.25, -0.2) is 26.3 Å². The monoisotopic (exact) mass is 532 g/mol. The van der Waals surface area contributed by atoms with E-state index in [1.54, 1.807) is 78.9 Å². The van der Waals surface area contributed by atoms with E-state index in [1.807, 2.05) is 19.1 Å². The van der Waals surface area contributed by atoms with Gasteiger partial charge in [0.2, 0.25) is 20.0 Å². The molecular weight excluding hydrogens is 504 g/mol. The lowest BCUT2D eigenvalue weighted by atomic mass is 9.95. The number of aryl methyl sites for hydroxylation is 1. The molecule has 0 aliphatic heterocycles. The first-order valence-electron chi connectivity index (χ1n) is 11.6. The van der Waals surface area contributed by atoms with Gasteiger partial charge in [0.25, 0.3) is 0 Å². The van der Waals surface area contributed by atoms with Crippen molar-refractivity contribution in [2.24, 2.45) is 0 Å². The van der Waals surface area contributed by atoms with E-state index in [2.05, 4.69) is 16.0 Å². The molecule has 0 amide bonds. The van der Waals surface area contributed by atoms with Crippen LogP contribution in [0.15, 0.2) is 126 Å². The SMILES string of the molecule is C=Cc1ccc(S(=O)(=O)N[C@H](c2ccccc2)[C@H](NS(=O)(=O)c2ccc(C)cc2)c2ccccc2)cc1. The Morgan fingerprint density at radius 3 is 1.35 bits per heavy atom. The molecule has 0 heterocycles. The Bertz CT molecular complexity index is 1550. The third-order valence-corrected chi connectivity index (χ3v) is 8.89. The predicted molar refractivity (Wildman–Crippen MR) is 147 cm³/mol. The molecule has 0 aliphatic carbocycles. The number of nitrogens with one attached hydrogen (secondary N) is 2. The van der Waals surface area contributed by atoms with Crippen molar-refractivity contribution >= 4 is 26.1 Å². The highest BCUT2D eigenvalue weighted by Gasteiger charge is 2.33. The van der Waals surface area contributed by atoms with Gasteiger partial charge in [-0.05, 0) is 47.9 Å². The number of hydrogen-bond donors (Lipinski definition) is 2. The van der Waals surface area contributed by atoms with Crippen molar-refractivity contribution in [2.75, 3.05) is 0 Å². The Labute approximate surface area is 218 Å². The Morgan fingerprint density at radius 2 is 0.973 bits per heavy atom. The van der Waals surface area contributed by atoms with Gasteiger partial charge < -0.3 is 0 Å². The first-order chi connectivity index (χ1) is 17.7. The minimum atomic E-state index is -4.03. The lowest BCUT2D eigenvalue weighted by molar-refractivity contribution is 0.466. The van der Waals surface area contributed by atoms with Crippen molar-refractivity contribution < 1.29 is 16.8 Å². The van der Waals surface area contributed by atoms with Crippen LogP contribution in [0.25, 0.3) is 6.08 Å². The number of sulfonamides is 2. The molecule has 0 saturated heterocycles. The Hall–Kier alpha value is -3.56. The first-order valence-corrected chi connectivity index (χ1v) is 14.6. The molecule has 4 aromatic rings. The fraction of sp³-hybridized carbons (Fsp3) is 0.103. The summed E-state index contributed by atoms with van der Waals surface area (Å²) in [6.45, 7) is 5.57. The summed E-state index contributed by atoms with van der Waals surface area (Å²) in [5.41, 5.74) is 2.92. The molecule has 0 radical (unpaired) electrons. The number of rotatable bonds is 10. The van der Waals surface area contributed by atoms with Gasteiger partial charge in [-0.1, -0.05) is 103 Å². The standard InChI is InChI=1S/C29H28N2O4S2/c1-3-23-16-20-27(21-17-23)37(34,35)31-29(25-12-8-5-9-13-25)28(24-10-6-4-7-11-24)30-36(32,33)26-18-14-22(2)15-19-26/h3-21,28-31H,1H2,2H3/t28-,29-/m1/s1. The van der Waals surface area contributed by atoms with E-state index in [1.165, 1.54) is 24.3 Å². The maximum absolute atomic E-state index is 13.5. The molecule has 0 bridgehead atoms. The third-order valence-electron chi connectivity index (χ3n) is 5.97. The second kappa shape index (κ2) is 11.2. The molecule has 37 heavy (non-hydrogen) atoms. The van der Waals surface area contributed by atoms with Crippen LogP contribution in [-0.2, 0) is 20.0 Å². The average molecular weight is 533 g/mol. The van der Waals surface area contributed by atoms with Gasteiger partial charge in [-0.3, -0.25) is 0 Å². The Kier molecular flexibility index (Phi) is 8.04. The van der Waals surface area contributed by atoms with E-state index >= 15 is 0 Å². The molecule has 0 spiro atoms. The first kappa shape index (κ1) is 26.5. The summed E-state index contributed by atoms with van der Waals surface area (Å²) < 4.78 is 59.5. The summed E-state index contributed by atoms with van der Waals surface area (Å²) in [5.74, 6) is 0. The zero-order valence-electron chi connectivity index (χ0n) is 20.3. The molecule has 0 aliphatic rings.